The van der Waals surface area contributed by atoms with Gasteiger partial charge in [-0.15, -0.1) is 11.8 Å². The van der Waals surface area contributed by atoms with Gasteiger partial charge in [0.1, 0.15) is 0 Å². The molecule has 2 N–H and O–H groups in total. The molecule has 1 aromatic carbocycles. The van der Waals surface area contributed by atoms with Crippen molar-refractivity contribution >= 4 is 11.8 Å². The molecule has 3 nitrogen and oxygen atoms in total. The first kappa shape index (κ1) is 11.2. The zero-order valence-corrected chi connectivity index (χ0v) is 10.2. The summed E-state index contributed by atoms with van der Waals surface area (Å²) in [4.78, 5) is 1.25. The largest absolute Gasteiger partial charge is 0.320 e. The molecule has 0 amide bonds. The fourth-order valence-corrected chi connectivity index (χ4v) is 2.01. The summed E-state index contributed by atoms with van der Waals surface area (Å²) in [6, 6.07) is 8.24. The van der Waals surface area contributed by atoms with Crippen molar-refractivity contribution in [1.29, 1.82) is 0 Å². The summed E-state index contributed by atoms with van der Waals surface area (Å²) in [6.45, 7) is 0. The third-order valence-electron chi connectivity index (χ3n) is 2.56. The van der Waals surface area contributed by atoms with E-state index in [2.05, 4.69) is 35.6 Å². The van der Waals surface area contributed by atoms with E-state index in [1.807, 2.05) is 19.4 Å². The Labute approximate surface area is 99.7 Å². The standard InChI is InChI=1S/C12H15N3S/c1-15-8-10(7-14-15)12(13)9-3-5-11(16-2)6-4-9/h3-8,12H,13H2,1-2H3. The molecule has 1 heterocycles. The number of benzene rings is 1. The molecule has 2 rings (SSSR count). The van der Waals surface area contributed by atoms with Crippen molar-refractivity contribution in [3.63, 3.8) is 0 Å². The number of hydrogen-bond donors (Lipinski definition) is 1. The molecule has 0 bridgehead atoms. The maximum Gasteiger partial charge on any atom is 0.0582 e. The molecule has 1 aromatic heterocycles. The molecule has 1 unspecified atom stereocenters. The fourth-order valence-electron chi connectivity index (χ4n) is 1.60. The van der Waals surface area contributed by atoms with Gasteiger partial charge in [-0.05, 0) is 24.0 Å². The maximum atomic E-state index is 6.16. The van der Waals surface area contributed by atoms with Crippen LogP contribution in [0.15, 0.2) is 41.6 Å². The molecule has 2 aromatic rings. The van der Waals surface area contributed by atoms with Crippen molar-refractivity contribution in [1.82, 2.24) is 9.78 Å². The lowest BCUT2D eigenvalue weighted by molar-refractivity contribution is 0.765. The van der Waals surface area contributed by atoms with Gasteiger partial charge in [0.15, 0.2) is 0 Å². The quantitative estimate of drug-likeness (QED) is 0.826. The van der Waals surface area contributed by atoms with Gasteiger partial charge in [0.05, 0.1) is 12.2 Å². The molecule has 16 heavy (non-hydrogen) atoms. The highest BCUT2D eigenvalue weighted by Gasteiger charge is 2.10. The van der Waals surface area contributed by atoms with E-state index in [-0.39, 0.29) is 6.04 Å². The van der Waals surface area contributed by atoms with Crippen molar-refractivity contribution in [2.45, 2.75) is 10.9 Å². The Balaban J connectivity index is 2.23. The number of hydrogen-bond acceptors (Lipinski definition) is 3. The smallest absolute Gasteiger partial charge is 0.0582 e. The Morgan fingerprint density at radius 2 is 1.94 bits per heavy atom. The van der Waals surface area contributed by atoms with E-state index >= 15 is 0 Å². The van der Waals surface area contributed by atoms with Crippen molar-refractivity contribution in [2.75, 3.05) is 6.26 Å². The molecular formula is C12H15N3S. The van der Waals surface area contributed by atoms with Gasteiger partial charge >= 0.3 is 0 Å². The second kappa shape index (κ2) is 4.72. The highest BCUT2D eigenvalue weighted by Crippen LogP contribution is 2.22. The first-order valence-corrected chi connectivity index (χ1v) is 6.31. The average Bonchev–Trinajstić information content (AvgIpc) is 2.75. The number of nitrogens with two attached hydrogens (primary N) is 1. The Morgan fingerprint density at radius 3 is 2.44 bits per heavy atom. The van der Waals surface area contributed by atoms with E-state index in [1.165, 1.54) is 4.90 Å². The van der Waals surface area contributed by atoms with Gasteiger partial charge in [-0.2, -0.15) is 5.10 Å². The van der Waals surface area contributed by atoms with E-state index in [1.54, 1.807) is 16.4 Å². The van der Waals surface area contributed by atoms with Crippen molar-refractivity contribution < 1.29 is 0 Å². The molecule has 0 fully saturated rings. The molecular weight excluding hydrogens is 218 g/mol. The van der Waals surface area contributed by atoms with Gasteiger partial charge in [0.25, 0.3) is 0 Å². The molecule has 1 atom stereocenters. The number of aryl methyl sites for hydroxylation is 1. The van der Waals surface area contributed by atoms with Gasteiger partial charge < -0.3 is 5.73 Å². The summed E-state index contributed by atoms with van der Waals surface area (Å²) in [6.07, 6.45) is 5.83. The maximum absolute atomic E-state index is 6.16. The van der Waals surface area contributed by atoms with E-state index < -0.39 is 0 Å². The lowest BCUT2D eigenvalue weighted by Crippen LogP contribution is -2.10. The summed E-state index contributed by atoms with van der Waals surface area (Å²) in [5, 5.41) is 4.13. The van der Waals surface area contributed by atoms with Crippen LogP contribution in [-0.4, -0.2) is 16.0 Å². The second-order valence-corrected chi connectivity index (χ2v) is 4.58. The third kappa shape index (κ3) is 2.28. The molecule has 4 heteroatoms. The van der Waals surface area contributed by atoms with Crippen LogP contribution in [0.25, 0.3) is 0 Å². The Morgan fingerprint density at radius 1 is 1.25 bits per heavy atom. The topological polar surface area (TPSA) is 43.8 Å². The number of rotatable bonds is 3. The summed E-state index contributed by atoms with van der Waals surface area (Å²) in [7, 11) is 1.90. The Hall–Kier alpha value is -1.26. The van der Waals surface area contributed by atoms with Crippen molar-refractivity contribution in [2.24, 2.45) is 12.8 Å². The molecule has 0 aliphatic heterocycles. The van der Waals surface area contributed by atoms with Crippen LogP contribution in [0.1, 0.15) is 17.2 Å². The molecule has 84 valence electrons. The monoisotopic (exact) mass is 233 g/mol. The van der Waals surface area contributed by atoms with E-state index in [0.29, 0.717) is 0 Å². The first-order valence-electron chi connectivity index (χ1n) is 5.09. The van der Waals surface area contributed by atoms with Gasteiger partial charge in [-0.1, -0.05) is 12.1 Å². The average molecular weight is 233 g/mol. The second-order valence-electron chi connectivity index (χ2n) is 3.70. The van der Waals surface area contributed by atoms with Crippen LogP contribution in [0.5, 0.6) is 0 Å². The lowest BCUT2D eigenvalue weighted by atomic mass is 10.0. The molecule has 0 radical (unpaired) electrons. The van der Waals surface area contributed by atoms with Gasteiger partial charge in [-0.3, -0.25) is 4.68 Å². The highest BCUT2D eigenvalue weighted by molar-refractivity contribution is 7.98. The summed E-state index contributed by atoms with van der Waals surface area (Å²) in [5.74, 6) is 0. The van der Waals surface area contributed by atoms with Crippen molar-refractivity contribution in [3.05, 3.63) is 47.8 Å². The first-order chi connectivity index (χ1) is 7.70. The molecule has 0 spiro atoms. The Bertz CT molecular complexity index is 461. The third-order valence-corrected chi connectivity index (χ3v) is 3.30. The summed E-state index contributed by atoms with van der Waals surface area (Å²) >= 11 is 1.73. The zero-order chi connectivity index (χ0) is 11.5. The zero-order valence-electron chi connectivity index (χ0n) is 9.42. The number of aromatic nitrogens is 2. The molecule has 0 aliphatic rings. The van der Waals surface area contributed by atoms with Crippen LogP contribution in [0, 0.1) is 0 Å². The SMILES string of the molecule is CSc1ccc(C(N)c2cnn(C)c2)cc1. The fraction of sp³-hybridized carbons (Fsp3) is 0.250. The summed E-state index contributed by atoms with van der Waals surface area (Å²) in [5.41, 5.74) is 8.32. The molecule has 0 saturated carbocycles. The van der Waals surface area contributed by atoms with Crippen LogP contribution >= 0.6 is 11.8 Å². The van der Waals surface area contributed by atoms with E-state index in [4.69, 9.17) is 5.73 Å². The molecule has 0 saturated heterocycles. The normalized spacial score (nSPS) is 12.7. The van der Waals surface area contributed by atoms with Gasteiger partial charge in [-0.25, -0.2) is 0 Å². The molecule has 0 aliphatic carbocycles. The van der Waals surface area contributed by atoms with Crippen LogP contribution in [0.4, 0.5) is 0 Å². The van der Waals surface area contributed by atoms with Gasteiger partial charge in [0.2, 0.25) is 0 Å². The number of nitrogens with zero attached hydrogens (tertiary/aromatic N) is 2. The minimum Gasteiger partial charge on any atom is -0.320 e. The van der Waals surface area contributed by atoms with E-state index in [0.717, 1.165) is 11.1 Å². The Kier molecular flexibility index (Phi) is 3.31. The van der Waals surface area contributed by atoms with Crippen LogP contribution < -0.4 is 5.73 Å². The minimum atomic E-state index is -0.0930. The highest BCUT2D eigenvalue weighted by atomic mass is 32.2. The van der Waals surface area contributed by atoms with Crippen LogP contribution in [-0.2, 0) is 7.05 Å². The van der Waals surface area contributed by atoms with E-state index in [9.17, 15) is 0 Å². The predicted molar refractivity (Wildman–Crippen MR) is 67.5 cm³/mol. The lowest BCUT2D eigenvalue weighted by Gasteiger charge is -2.10. The van der Waals surface area contributed by atoms with Crippen LogP contribution in [0.3, 0.4) is 0 Å². The summed E-state index contributed by atoms with van der Waals surface area (Å²) < 4.78 is 1.77. The van der Waals surface area contributed by atoms with Crippen molar-refractivity contribution in [3.8, 4) is 0 Å². The number of thioether (sulfide) groups is 1. The predicted octanol–water partition coefficient (Wildman–Crippen LogP) is 2.19. The minimum absolute atomic E-state index is 0.0930. The van der Waals surface area contributed by atoms with Gasteiger partial charge in [0, 0.05) is 23.7 Å². The van der Waals surface area contributed by atoms with Crippen LogP contribution in [0.2, 0.25) is 0 Å².